The van der Waals surface area contributed by atoms with Crippen LogP contribution in [0.15, 0.2) is 24.3 Å². The van der Waals surface area contributed by atoms with Crippen LogP contribution < -0.4 is 5.73 Å². The number of hydrogen-bond acceptors (Lipinski definition) is 2. The summed E-state index contributed by atoms with van der Waals surface area (Å²) in [6.45, 7) is 0.458. The molecule has 1 saturated carbocycles. The Morgan fingerprint density at radius 1 is 1.26 bits per heavy atom. The Kier molecular flexibility index (Phi) is 4.88. The van der Waals surface area contributed by atoms with Crippen LogP contribution in [0.4, 0.5) is 8.78 Å². The number of alkyl halides is 2. The number of halogens is 2. The lowest BCUT2D eigenvalue weighted by Gasteiger charge is -2.32. The third kappa shape index (κ3) is 3.31. The second-order valence-corrected chi connectivity index (χ2v) is 5.33. The molecule has 0 bridgehead atoms. The predicted octanol–water partition coefficient (Wildman–Crippen LogP) is 3.50. The molecular weight excluding hydrogens is 246 g/mol. The van der Waals surface area contributed by atoms with Crippen molar-refractivity contribution in [3.8, 4) is 0 Å². The highest BCUT2D eigenvalue weighted by atomic mass is 19.3. The van der Waals surface area contributed by atoms with Crippen LogP contribution in [0.3, 0.4) is 0 Å². The van der Waals surface area contributed by atoms with E-state index in [1.54, 1.807) is 12.1 Å². The Morgan fingerprint density at radius 3 is 2.47 bits per heavy atom. The first kappa shape index (κ1) is 14.4. The van der Waals surface area contributed by atoms with Gasteiger partial charge in [0.05, 0.1) is 0 Å². The van der Waals surface area contributed by atoms with Crippen LogP contribution in [-0.2, 0) is 0 Å². The quantitative estimate of drug-likeness (QED) is 0.885. The number of nitrogens with zero attached hydrogens (tertiary/aromatic N) is 1. The van der Waals surface area contributed by atoms with Gasteiger partial charge in [0.25, 0.3) is 6.43 Å². The van der Waals surface area contributed by atoms with E-state index in [9.17, 15) is 8.78 Å². The zero-order valence-corrected chi connectivity index (χ0v) is 11.4. The lowest BCUT2D eigenvalue weighted by atomic mass is 10.0. The van der Waals surface area contributed by atoms with Crippen LogP contribution in [0.2, 0.25) is 0 Å². The molecule has 0 aliphatic heterocycles. The Balaban J connectivity index is 2.18. The molecular formula is C15H22F2N2. The van der Waals surface area contributed by atoms with Crippen LogP contribution in [-0.4, -0.2) is 24.5 Å². The minimum Gasteiger partial charge on any atom is -0.329 e. The molecule has 4 heteroatoms. The fraction of sp³-hybridized carbons (Fsp3) is 0.600. The highest BCUT2D eigenvalue weighted by molar-refractivity contribution is 5.27. The first-order chi connectivity index (χ1) is 9.13. The normalized spacial score (nSPS) is 18.4. The van der Waals surface area contributed by atoms with Crippen molar-refractivity contribution in [1.82, 2.24) is 4.90 Å². The predicted molar refractivity (Wildman–Crippen MR) is 73.2 cm³/mol. The molecule has 2 nitrogen and oxygen atoms in total. The molecule has 0 radical (unpaired) electrons. The van der Waals surface area contributed by atoms with E-state index in [0.29, 0.717) is 12.6 Å². The standard InChI is InChI=1S/C15H22F2N2/c1-19(13-7-2-3-8-13)14(10-18)11-5-4-6-12(9-11)15(16)17/h4-6,9,13-15H,2-3,7-8,10,18H2,1H3. The zero-order valence-electron chi connectivity index (χ0n) is 11.4. The van der Waals surface area contributed by atoms with E-state index in [2.05, 4.69) is 11.9 Å². The highest BCUT2D eigenvalue weighted by Gasteiger charge is 2.26. The molecule has 2 rings (SSSR count). The first-order valence-corrected chi connectivity index (χ1v) is 6.93. The smallest absolute Gasteiger partial charge is 0.263 e. The lowest BCUT2D eigenvalue weighted by Crippen LogP contribution is -2.37. The van der Waals surface area contributed by atoms with E-state index in [0.717, 1.165) is 5.56 Å². The minimum absolute atomic E-state index is 0.0294. The summed E-state index contributed by atoms with van der Waals surface area (Å²) in [4.78, 5) is 2.26. The molecule has 0 amide bonds. The number of likely N-dealkylation sites (N-methyl/N-ethyl adjacent to an activating group) is 1. The molecule has 1 fully saturated rings. The molecule has 0 saturated heterocycles. The van der Waals surface area contributed by atoms with Crippen molar-refractivity contribution >= 4 is 0 Å². The molecule has 1 aromatic rings. The maximum atomic E-state index is 12.8. The maximum absolute atomic E-state index is 12.8. The van der Waals surface area contributed by atoms with Crippen molar-refractivity contribution in [2.24, 2.45) is 5.73 Å². The van der Waals surface area contributed by atoms with E-state index >= 15 is 0 Å². The van der Waals surface area contributed by atoms with Gasteiger partial charge in [0, 0.05) is 24.2 Å². The summed E-state index contributed by atoms with van der Waals surface area (Å²) in [6.07, 6.45) is 2.45. The van der Waals surface area contributed by atoms with E-state index in [1.165, 1.54) is 31.7 Å². The first-order valence-electron chi connectivity index (χ1n) is 6.93. The van der Waals surface area contributed by atoms with Gasteiger partial charge in [-0.3, -0.25) is 4.90 Å². The van der Waals surface area contributed by atoms with Gasteiger partial charge >= 0.3 is 0 Å². The van der Waals surface area contributed by atoms with Crippen LogP contribution in [0.5, 0.6) is 0 Å². The number of nitrogens with two attached hydrogens (primary N) is 1. The summed E-state index contributed by atoms with van der Waals surface area (Å²) in [5.74, 6) is 0. The molecule has 0 heterocycles. The highest BCUT2D eigenvalue weighted by Crippen LogP contribution is 2.30. The molecule has 1 atom stereocenters. The molecule has 1 aromatic carbocycles. The number of rotatable bonds is 5. The summed E-state index contributed by atoms with van der Waals surface area (Å²) in [5, 5.41) is 0. The monoisotopic (exact) mass is 268 g/mol. The van der Waals surface area contributed by atoms with Gasteiger partial charge in [-0.2, -0.15) is 0 Å². The van der Waals surface area contributed by atoms with Crippen LogP contribution in [0.1, 0.15) is 49.3 Å². The Hall–Kier alpha value is -1.00. The second-order valence-electron chi connectivity index (χ2n) is 5.33. The van der Waals surface area contributed by atoms with Gasteiger partial charge in [-0.1, -0.05) is 31.0 Å². The van der Waals surface area contributed by atoms with E-state index in [4.69, 9.17) is 5.73 Å². The fourth-order valence-electron chi connectivity index (χ4n) is 3.01. The second kappa shape index (κ2) is 6.44. The molecule has 19 heavy (non-hydrogen) atoms. The van der Waals surface area contributed by atoms with Gasteiger partial charge in [-0.15, -0.1) is 0 Å². The minimum atomic E-state index is -2.42. The van der Waals surface area contributed by atoms with Crippen LogP contribution in [0, 0.1) is 0 Å². The summed E-state index contributed by atoms with van der Waals surface area (Å²) in [6, 6.07) is 7.22. The SMILES string of the molecule is CN(C1CCCC1)C(CN)c1cccc(C(F)F)c1. The molecule has 0 spiro atoms. The van der Waals surface area contributed by atoms with Crippen molar-refractivity contribution in [2.45, 2.75) is 44.2 Å². The molecule has 1 aliphatic carbocycles. The van der Waals surface area contributed by atoms with Crippen molar-refractivity contribution in [3.63, 3.8) is 0 Å². The average Bonchev–Trinajstić information content (AvgIpc) is 2.93. The lowest BCUT2D eigenvalue weighted by molar-refractivity contribution is 0.150. The fourth-order valence-corrected chi connectivity index (χ4v) is 3.01. The number of hydrogen-bond donors (Lipinski definition) is 1. The average molecular weight is 268 g/mol. The van der Waals surface area contributed by atoms with Crippen LogP contribution >= 0.6 is 0 Å². The maximum Gasteiger partial charge on any atom is 0.263 e. The molecule has 106 valence electrons. The Morgan fingerprint density at radius 2 is 1.89 bits per heavy atom. The van der Waals surface area contributed by atoms with Crippen molar-refractivity contribution < 1.29 is 8.78 Å². The van der Waals surface area contributed by atoms with E-state index < -0.39 is 6.43 Å². The third-order valence-corrected chi connectivity index (χ3v) is 4.16. The third-order valence-electron chi connectivity index (χ3n) is 4.16. The van der Waals surface area contributed by atoms with E-state index in [-0.39, 0.29) is 11.6 Å². The van der Waals surface area contributed by atoms with Gasteiger partial charge in [0.1, 0.15) is 0 Å². The van der Waals surface area contributed by atoms with Gasteiger partial charge in [0.15, 0.2) is 0 Å². The number of benzene rings is 1. The van der Waals surface area contributed by atoms with Gasteiger partial charge in [-0.05, 0) is 31.5 Å². The summed E-state index contributed by atoms with van der Waals surface area (Å²) in [5.41, 5.74) is 6.85. The Labute approximate surface area is 113 Å². The molecule has 2 N–H and O–H groups in total. The molecule has 1 unspecified atom stereocenters. The van der Waals surface area contributed by atoms with Crippen molar-refractivity contribution in [1.29, 1.82) is 0 Å². The van der Waals surface area contributed by atoms with Crippen molar-refractivity contribution in [3.05, 3.63) is 35.4 Å². The zero-order chi connectivity index (χ0) is 13.8. The summed E-state index contributed by atoms with van der Waals surface area (Å²) < 4.78 is 25.5. The summed E-state index contributed by atoms with van der Waals surface area (Å²) in [7, 11) is 2.06. The van der Waals surface area contributed by atoms with Crippen LogP contribution in [0.25, 0.3) is 0 Å². The van der Waals surface area contributed by atoms with Gasteiger partial charge < -0.3 is 5.73 Å². The molecule has 1 aliphatic rings. The largest absolute Gasteiger partial charge is 0.329 e. The van der Waals surface area contributed by atoms with Gasteiger partial charge in [0.2, 0.25) is 0 Å². The van der Waals surface area contributed by atoms with E-state index in [1.807, 2.05) is 6.07 Å². The van der Waals surface area contributed by atoms with Crippen molar-refractivity contribution in [2.75, 3.05) is 13.6 Å². The van der Waals surface area contributed by atoms with Gasteiger partial charge in [-0.25, -0.2) is 8.78 Å². The molecule has 0 aromatic heterocycles. The summed E-state index contributed by atoms with van der Waals surface area (Å²) >= 11 is 0. The Bertz CT molecular complexity index is 403. The topological polar surface area (TPSA) is 29.3 Å².